The van der Waals surface area contributed by atoms with Crippen LogP contribution in [0.1, 0.15) is 51.6 Å². The normalized spacial score (nSPS) is 19.3. The average molecular weight is 203 g/mol. The number of nitrogens with one attached hydrogen (secondary N) is 1. The van der Waals surface area contributed by atoms with Gasteiger partial charge in [-0.2, -0.15) is 5.26 Å². The highest BCUT2D eigenvalue weighted by molar-refractivity contribution is 5.27. The number of hydrogen-bond donors (Lipinski definition) is 1. The molecule has 3 heteroatoms. The molecule has 1 aromatic rings. The molecule has 0 radical (unpaired) electrons. The highest BCUT2D eigenvalue weighted by Gasteiger charge is 2.42. The lowest BCUT2D eigenvalue weighted by atomic mass is 9.69. The number of hydrogen-bond acceptors (Lipinski definition) is 2. The van der Waals surface area contributed by atoms with Crippen molar-refractivity contribution in [3.63, 3.8) is 0 Å². The molecule has 1 fully saturated rings. The summed E-state index contributed by atoms with van der Waals surface area (Å²) in [4.78, 5) is 7.68. The molecule has 1 N–H and O–H groups in total. The first-order chi connectivity index (χ1) is 6.98. The standard InChI is InChI=1S/C12H17N3/c1-11(2,3)9-7-14-10(15-9)12(8-13)5-4-6-12/h7H,4-6H2,1-3H3,(H,14,15). The van der Waals surface area contributed by atoms with Crippen molar-refractivity contribution in [1.29, 1.82) is 5.26 Å². The zero-order valence-corrected chi connectivity index (χ0v) is 9.59. The number of rotatable bonds is 1. The summed E-state index contributed by atoms with van der Waals surface area (Å²) in [5.41, 5.74) is 0.869. The molecule has 0 amide bonds. The second kappa shape index (κ2) is 3.10. The lowest BCUT2D eigenvalue weighted by molar-refractivity contribution is 0.308. The van der Waals surface area contributed by atoms with E-state index in [0.717, 1.165) is 30.8 Å². The van der Waals surface area contributed by atoms with Crippen LogP contribution in [0.15, 0.2) is 6.20 Å². The van der Waals surface area contributed by atoms with Gasteiger partial charge in [-0.15, -0.1) is 0 Å². The van der Waals surface area contributed by atoms with E-state index in [-0.39, 0.29) is 10.8 Å². The van der Waals surface area contributed by atoms with Gasteiger partial charge >= 0.3 is 0 Å². The Bertz CT molecular complexity index is 399. The van der Waals surface area contributed by atoms with E-state index in [2.05, 4.69) is 36.8 Å². The first kappa shape index (κ1) is 10.2. The molecule has 0 bridgehead atoms. The molecular formula is C12H17N3. The molecule has 1 heterocycles. The third-order valence-electron chi connectivity index (χ3n) is 3.26. The third-order valence-corrected chi connectivity index (χ3v) is 3.26. The Morgan fingerprint density at radius 1 is 1.47 bits per heavy atom. The lowest BCUT2D eigenvalue weighted by Gasteiger charge is -2.33. The van der Waals surface area contributed by atoms with Gasteiger partial charge in [0.15, 0.2) is 0 Å². The van der Waals surface area contributed by atoms with Crippen molar-refractivity contribution in [3.8, 4) is 6.07 Å². The predicted molar refractivity (Wildman–Crippen MR) is 58.4 cm³/mol. The van der Waals surface area contributed by atoms with Crippen molar-refractivity contribution >= 4 is 0 Å². The van der Waals surface area contributed by atoms with Crippen LogP contribution < -0.4 is 0 Å². The minimum atomic E-state index is -0.316. The van der Waals surface area contributed by atoms with Crippen LogP contribution in [0.25, 0.3) is 0 Å². The number of H-pyrrole nitrogens is 1. The summed E-state index contributed by atoms with van der Waals surface area (Å²) in [7, 11) is 0. The molecule has 1 aliphatic rings. The number of aromatic amines is 1. The predicted octanol–water partition coefficient (Wildman–Crippen LogP) is 2.65. The fraction of sp³-hybridized carbons (Fsp3) is 0.667. The average Bonchev–Trinajstić information content (AvgIpc) is 2.51. The molecule has 0 aromatic carbocycles. The fourth-order valence-electron chi connectivity index (χ4n) is 1.88. The highest BCUT2D eigenvalue weighted by Crippen LogP contribution is 2.42. The van der Waals surface area contributed by atoms with Gasteiger partial charge < -0.3 is 4.98 Å². The maximum absolute atomic E-state index is 9.19. The van der Waals surface area contributed by atoms with Crippen LogP contribution in [0.2, 0.25) is 0 Å². The van der Waals surface area contributed by atoms with E-state index in [1.165, 1.54) is 0 Å². The SMILES string of the molecule is CC(C)(C)c1cnc(C2(C#N)CCC2)[nH]1. The molecule has 0 spiro atoms. The molecule has 0 saturated heterocycles. The van der Waals surface area contributed by atoms with Crippen molar-refractivity contribution in [1.82, 2.24) is 9.97 Å². The molecule has 1 saturated carbocycles. The molecule has 2 rings (SSSR count). The second-order valence-electron chi connectivity index (χ2n) is 5.44. The van der Waals surface area contributed by atoms with Crippen LogP contribution in [-0.2, 0) is 10.8 Å². The van der Waals surface area contributed by atoms with Gasteiger partial charge in [0.25, 0.3) is 0 Å². The van der Waals surface area contributed by atoms with Crippen LogP contribution in [0.4, 0.5) is 0 Å². The minimum absolute atomic E-state index is 0.0750. The molecular weight excluding hydrogens is 186 g/mol. The summed E-state index contributed by atoms with van der Waals surface area (Å²) in [6, 6.07) is 2.40. The number of aromatic nitrogens is 2. The topological polar surface area (TPSA) is 52.5 Å². The molecule has 15 heavy (non-hydrogen) atoms. The molecule has 0 aliphatic heterocycles. The van der Waals surface area contributed by atoms with Crippen LogP contribution in [-0.4, -0.2) is 9.97 Å². The Kier molecular flexibility index (Phi) is 2.11. The van der Waals surface area contributed by atoms with Crippen molar-refractivity contribution in [2.24, 2.45) is 0 Å². The quantitative estimate of drug-likeness (QED) is 0.762. The second-order valence-corrected chi connectivity index (χ2v) is 5.44. The summed E-state index contributed by atoms with van der Waals surface area (Å²) >= 11 is 0. The van der Waals surface area contributed by atoms with Crippen molar-refractivity contribution in [3.05, 3.63) is 17.7 Å². The summed E-state index contributed by atoms with van der Waals surface area (Å²) in [5.74, 6) is 0.862. The first-order valence-corrected chi connectivity index (χ1v) is 5.45. The van der Waals surface area contributed by atoms with E-state index >= 15 is 0 Å². The van der Waals surface area contributed by atoms with Gasteiger partial charge in [0.05, 0.1) is 6.07 Å². The van der Waals surface area contributed by atoms with Crippen LogP contribution in [0, 0.1) is 11.3 Å². The smallest absolute Gasteiger partial charge is 0.126 e. The first-order valence-electron chi connectivity index (χ1n) is 5.45. The maximum atomic E-state index is 9.19. The molecule has 0 unspecified atom stereocenters. The summed E-state index contributed by atoms with van der Waals surface area (Å²) < 4.78 is 0. The van der Waals surface area contributed by atoms with Crippen LogP contribution in [0.3, 0.4) is 0 Å². The van der Waals surface area contributed by atoms with Gasteiger partial charge in [-0.05, 0) is 19.3 Å². The Hall–Kier alpha value is -1.30. The number of nitriles is 1. The molecule has 0 atom stereocenters. The van der Waals surface area contributed by atoms with Crippen LogP contribution in [0.5, 0.6) is 0 Å². The molecule has 3 nitrogen and oxygen atoms in total. The zero-order chi connectivity index (χ0) is 11.1. The van der Waals surface area contributed by atoms with E-state index in [1.807, 2.05) is 6.20 Å². The Balaban J connectivity index is 2.32. The summed E-state index contributed by atoms with van der Waals surface area (Å²) in [5, 5.41) is 9.19. The van der Waals surface area contributed by atoms with Gasteiger partial charge in [0, 0.05) is 17.3 Å². The van der Waals surface area contributed by atoms with Gasteiger partial charge in [-0.25, -0.2) is 4.98 Å². The van der Waals surface area contributed by atoms with E-state index in [0.29, 0.717) is 0 Å². The van der Waals surface area contributed by atoms with E-state index in [9.17, 15) is 5.26 Å². The minimum Gasteiger partial charge on any atom is -0.344 e. The monoisotopic (exact) mass is 203 g/mol. The van der Waals surface area contributed by atoms with Gasteiger partial charge in [-0.3, -0.25) is 0 Å². The molecule has 1 aromatic heterocycles. The fourth-order valence-corrected chi connectivity index (χ4v) is 1.88. The Morgan fingerprint density at radius 3 is 2.47 bits per heavy atom. The highest BCUT2D eigenvalue weighted by atomic mass is 14.9. The van der Waals surface area contributed by atoms with Crippen molar-refractivity contribution in [2.75, 3.05) is 0 Å². The number of nitrogens with zero attached hydrogens (tertiary/aromatic N) is 2. The summed E-state index contributed by atoms with van der Waals surface area (Å²) in [6.07, 6.45) is 4.90. The lowest BCUT2D eigenvalue weighted by Crippen LogP contribution is -2.33. The Labute approximate surface area is 90.5 Å². The van der Waals surface area contributed by atoms with Gasteiger partial charge in [0.2, 0.25) is 0 Å². The van der Waals surface area contributed by atoms with Gasteiger partial charge in [-0.1, -0.05) is 20.8 Å². The Morgan fingerprint density at radius 2 is 2.13 bits per heavy atom. The van der Waals surface area contributed by atoms with Crippen LogP contribution >= 0.6 is 0 Å². The molecule has 1 aliphatic carbocycles. The van der Waals surface area contributed by atoms with E-state index in [1.54, 1.807) is 0 Å². The third kappa shape index (κ3) is 1.54. The van der Waals surface area contributed by atoms with Crippen molar-refractivity contribution < 1.29 is 0 Å². The van der Waals surface area contributed by atoms with E-state index in [4.69, 9.17) is 0 Å². The zero-order valence-electron chi connectivity index (χ0n) is 9.59. The van der Waals surface area contributed by atoms with E-state index < -0.39 is 0 Å². The maximum Gasteiger partial charge on any atom is 0.126 e. The summed E-state index contributed by atoms with van der Waals surface area (Å²) in [6.45, 7) is 6.43. The number of imidazole rings is 1. The van der Waals surface area contributed by atoms with Crippen molar-refractivity contribution in [2.45, 2.75) is 50.9 Å². The molecule has 80 valence electrons. The van der Waals surface area contributed by atoms with Gasteiger partial charge in [0.1, 0.15) is 11.2 Å². The largest absolute Gasteiger partial charge is 0.344 e.